The summed E-state index contributed by atoms with van der Waals surface area (Å²) in [5, 5.41) is 15.1. The minimum atomic E-state index is -0.395. The molecule has 3 atom stereocenters. The number of hydrogen-bond donors (Lipinski definition) is 1. The lowest BCUT2D eigenvalue weighted by molar-refractivity contribution is -0.384. The first-order chi connectivity index (χ1) is 12.1. The van der Waals surface area contributed by atoms with Gasteiger partial charge in [0.2, 0.25) is 0 Å². The third kappa shape index (κ3) is 2.65. The molecule has 2 aliphatic rings. The van der Waals surface area contributed by atoms with Crippen LogP contribution in [0.5, 0.6) is 5.75 Å². The second kappa shape index (κ2) is 6.08. The molecule has 4 rings (SSSR count). The van der Waals surface area contributed by atoms with Gasteiger partial charge in [0.05, 0.1) is 28.8 Å². The SMILES string of the molecule is COc1cccc([C@@H]2Nc3c(Cl)cc([N+](=O)[O-])cc3[C@H]3C=CC[C@@H]32)c1. The third-order valence-electron chi connectivity index (χ3n) is 5.07. The van der Waals surface area contributed by atoms with Crippen LogP contribution in [0.1, 0.15) is 29.5 Å². The number of benzene rings is 2. The summed E-state index contributed by atoms with van der Waals surface area (Å²) in [7, 11) is 1.65. The molecule has 0 amide bonds. The third-order valence-corrected chi connectivity index (χ3v) is 5.37. The summed E-state index contributed by atoms with van der Waals surface area (Å²) in [6.07, 6.45) is 5.20. The lowest BCUT2D eigenvalue weighted by Crippen LogP contribution is -2.29. The van der Waals surface area contributed by atoms with Crippen LogP contribution in [-0.2, 0) is 0 Å². The molecule has 0 bridgehead atoms. The maximum atomic E-state index is 11.2. The molecule has 0 saturated heterocycles. The van der Waals surface area contributed by atoms with Crippen molar-refractivity contribution in [3.8, 4) is 5.75 Å². The van der Waals surface area contributed by atoms with Crippen LogP contribution in [0.25, 0.3) is 0 Å². The number of methoxy groups -OCH3 is 1. The van der Waals surface area contributed by atoms with E-state index < -0.39 is 4.92 Å². The second-order valence-electron chi connectivity index (χ2n) is 6.40. The second-order valence-corrected chi connectivity index (χ2v) is 6.81. The van der Waals surface area contributed by atoms with Gasteiger partial charge in [0.25, 0.3) is 5.69 Å². The van der Waals surface area contributed by atoms with Gasteiger partial charge in [-0.3, -0.25) is 10.1 Å². The van der Waals surface area contributed by atoms with Gasteiger partial charge in [0, 0.05) is 18.1 Å². The fourth-order valence-electron chi connectivity index (χ4n) is 3.91. The van der Waals surface area contributed by atoms with E-state index in [0.717, 1.165) is 29.0 Å². The number of non-ortho nitro benzene ring substituents is 1. The lowest BCUT2D eigenvalue weighted by Gasteiger charge is -2.37. The summed E-state index contributed by atoms with van der Waals surface area (Å²) >= 11 is 6.38. The Kier molecular flexibility index (Phi) is 3.88. The maximum absolute atomic E-state index is 11.2. The van der Waals surface area contributed by atoms with Crippen LogP contribution in [0, 0.1) is 16.0 Å². The number of rotatable bonds is 3. The molecule has 5 nitrogen and oxygen atoms in total. The normalized spacial score (nSPS) is 23.5. The highest BCUT2D eigenvalue weighted by Crippen LogP contribution is 2.52. The molecule has 1 aliphatic carbocycles. The van der Waals surface area contributed by atoms with Crippen LogP contribution in [0.2, 0.25) is 5.02 Å². The molecular formula is C19H17ClN2O3. The van der Waals surface area contributed by atoms with Crippen LogP contribution in [-0.4, -0.2) is 12.0 Å². The zero-order valence-corrected chi connectivity index (χ0v) is 14.4. The van der Waals surface area contributed by atoms with Crippen molar-refractivity contribution in [1.82, 2.24) is 0 Å². The number of hydrogen-bond acceptors (Lipinski definition) is 4. The summed E-state index contributed by atoms with van der Waals surface area (Å²) in [5.74, 6) is 1.21. The first-order valence-corrected chi connectivity index (χ1v) is 8.51. The van der Waals surface area contributed by atoms with Gasteiger partial charge in [-0.2, -0.15) is 0 Å². The van der Waals surface area contributed by atoms with E-state index in [1.165, 1.54) is 6.07 Å². The average molecular weight is 357 g/mol. The minimum absolute atomic E-state index is 0.0319. The standard InChI is InChI=1S/C19H17ClN2O3/c1-25-13-5-2-4-11(8-13)18-15-7-3-6-14(15)16-9-12(22(23)24)10-17(20)19(16)21-18/h2-6,8-10,14-15,18,21H,7H2,1H3/t14-,15-,18-/m0/s1. The molecule has 1 heterocycles. The van der Waals surface area contributed by atoms with E-state index in [2.05, 4.69) is 23.5 Å². The van der Waals surface area contributed by atoms with E-state index in [1.54, 1.807) is 13.2 Å². The summed E-state index contributed by atoms with van der Waals surface area (Å²) in [6.45, 7) is 0. The highest BCUT2D eigenvalue weighted by Gasteiger charge is 2.39. The highest BCUT2D eigenvalue weighted by molar-refractivity contribution is 6.33. The quantitative estimate of drug-likeness (QED) is 0.473. The Balaban J connectivity index is 1.81. The van der Waals surface area contributed by atoms with Crippen molar-refractivity contribution < 1.29 is 9.66 Å². The number of anilines is 1. The van der Waals surface area contributed by atoms with Crippen LogP contribution in [0.3, 0.4) is 0 Å². The van der Waals surface area contributed by atoms with Gasteiger partial charge in [-0.15, -0.1) is 0 Å². The van der Waals surface area contributed by atoms with Gasteiger partial charge in [0.1, 0.15) is 5.75 Å². The van der Waals surface area contributed by atoms with Crippen molar-refractivity contribution in [3.63, 3.8) is 0 Å². The van der Waals surface area contributed by atoms with Gasteiger partial charge < -0.3 is 10.1 Å². The van der Waals surface area contributed by atoms with Gasteiger partial charge in [-0.25, -0.2) is 0 Å². The number of halogens is 1. The molecule has 0 fully saturated rings. The summed E-state index contributed by atoms with van der Waals surface area (Å²) in [4.78, 5) is 10.8. The molecule has 128 valence electrons. The fourth-order valence-corrected chi connectivity index (χ4v) is 4.19. The smallest absolute Gasteiger partial charge is 0.271 e. The molecule has 0 unspecified atom stereocenters. The largest absolute Gasteiger partial charge is 0.497 e. The minimum Gasteiger partial charge on any atom is -0.497 e. The molecule has 0 saturated carbocycles. The van der Waals surface area contributed by atoms with Crippen LogP contribution >= 0.6 is 11.6 Å². The van der Waals surface area contributed by atoms with Crippen LogP contribution < -0.4 is 10.1 Å². The van der Waals surface area contributed by atoms with E-state index >= 15 is 0 Å². The van der Waals surface area contributed by atoms with Crippen molar-refractivity contribution in [1.29, 1.82) is 0 Å². The van der Waals surface area contributed by atoms with Crippen molar-refractivity contribution in [2.24, 2.45) is 5.92 Å². The van der Waals surface area contributed by atoms with Gasteiger partial charge in [-0.05, 0) is 35.6 Å². The zero-order chi connectivity index (χ0) is 17.6. The number of fused-ring (bicyclic) bond motifs is 3. The summed E-state index contributed by atoms with van der Waals surface area (Å²) < 4.78 is 5.35. The number of ether oxygens (including phenoxy) is 1. The molecule has 1 N–H and O–H groups in total. The Bertz CT molecular complexity index is 881. The number of nitro groups is 1. The molecule has 2 aromatic carbocycles. The molecule has 6 heteroatoms. The predicted molar refractivity (Wildman–Crippen MR) is 97.5 cm³/mol. The lowest BCUT2D eigenvalue weighted by atomic mass is 9.77. The van der Waals surface area contributed by atoms with E-state index in [1.807, 2.05) is 18.2 Å². The van der Waals surface area contributed by atoms with E-state index in [0.29, 0.717) is 5.02 Å². The van der Waals surface area contributed by atoms with Crippen molar-refractivity contribution in [2.75, 3.05) is 12.4 Å². The predicted octanol–water partition coefficient (Wildman–Crippen LogP) is 5.08. The van der Waals surface area contributed by atoms with Crippen LogP contribution in [0.15, 0.2) is 48.6 Å². The molecular weight excluding hydrogens is 340 g/mol. The van der Waals surface area contributed by atoms with Gasteiger partial charge in [-0.1, -0.05) is 35.9 Å². The number of nitro benzene ring substituents is 1. The topological polar surface area (TPSA) is 64.4 Å². The zero-order valence-electron chi connectivity index (χ0n) is 13.6. The Morgan fingerprint density at radius 3 is 2.92 bits per heavy atom. The molecule has 25 heavy (non-hydrogen) atoms. The molecule has 1 aliphatic heterocycles. The Morgan fingerprint density at radius 2 is 2.16 bits per heavy atom. The van der Waals surface area contributed by atoms with Crippen molar-refractivity contribution >= 4 is 23.0 Å². The van der Waals surface area contributed by atoms with Gasteiger partial charge >= 0.3 is 0 Å². The van der Waals surface area contributed by atoms with Crippen LogP contribution in [0.4, 0.5) is 11.4 Å². The number of nitrogens with one attached hydrogen (secondary N) is 1. The van der Waals surface area contributed by atoms with E-state index in [-0.39, 0.29) is 23.6 Å². The first kappa shape index (κ1) is 16.0. The van der Waals surface area contributed by atoms with E-state index in [4.69, 9.17) is 16.3 Å². The Labute approximate surface area is 150 Å². The Hall–Kier alpha value is -2.53. The van der Waals surface area contributed by atoms with E-state index in [9.17, 15) is 10.1 Å². The van der Waals surface area contributed by atoms with Crippen molar-refractivity contribution in [3.05, 3.63) is 74.8 Å². The fraction of sp³-hybridized carbons (Fsp3) is 0.263. The molecule has 0 spiro atoms. The molecule has 0 radical (unpaired) electrons. The monoisotopic (exact) mass is 356 g/mol. The highest BCUT2D eigenvalue weighted by atomic mass is 35.5. The molecule has 2 aromatic rings. The summed E-state index contributed by atoms with van der Waals surface area (Å²) in [6, 6.07) is 11.1. The Morgan fingerprint density at radius 1 is 1.32 bits per heavy atom. The summed E-state index contributed by atoms with van der Waals surface area (Å²) in [5.41, 5.74) is 2.84. The number of allylic oxidation sites excluding steroid dienone is 2. The maximum Gasteiger partial charge on any atom is 0.271 e. The number of nitrogens with zero attached hydrogens (tertiary/aromatic N) is 1. The van der Waals surface area contributed by atoms with Gasteiger partial charge in [0.15, 0.2) is 0 Å². The average Bonchev–Trinajstić information content (AvgIpc) is 3.11. The van der Waals surface area contributed by atoms with Crippen molar-refractivity contribution in [2.45, 2.75) is 18.4 Å². The molecule has 0 aromatic heterocycles. The first-order valence-electron chi connectivity index (χ1n) is 8.13.